The monoisotopic (exact) mass is 447 g/mol. The zero-order valence-corrected chi connectivity index (χ0v) is 18.5. The average Bonchev–Trinajstić information content (AvgIpc) is 3.41. The van der Waals surface area contributed by atoms with Gasteiger partial charge in [-0.2, -0.15) is 0 Å². The van der Waals surface area contributed by atoms with Gasteiger partial charge in [0.15, 0.2) is 0 Å². The molecule has 156 valence electrons. The summed E-state index contributed by atoms with van der Waals surface area (Å²) in [6.45, 7) is 1.67. The molecule has 1 spiro atoms. The van der Waals surface area contributed by atoms with Crippen LogP contribution in [-0.2, 0) is 11.2 Å². The van der Waals surface area contributed by atoms with Gasteiger partial charge in [0, 0.05) is 28.6 Å². The van der Waals surface area contributed by atoms with Gasteiger partial charge in [-0.1, -0.05) is 24.3 Å². The molecule has 2 aliphatic rings. The lowest BCUT2D eigenvalue weighted by Crippen LogP contribution is -2.59. The number of rotatable bonds is 5. The fourth-order valence-corrected chi connectivity index (χ4v) is 6.09. The Hall–Kier alpha value is -2.61. The van der Waals surface area contributed by atoms with E-state index in [4.69, 9.17) is 4.74 Å². The van der Waals surface area contributed by atoms with Crippen LogP contribution in [0.2, 0.25) is 0 Å². The largest absolute Gasteiger partial charge is 0.380 e. The van der Waals surface area contributed by atoms with Crippen molar-refractivity contribution in [1.82, 2.24) is 15.3 Å². The molecule has 1 N–H and O–H groups in total. The van der Waals surface area contributed by atoms with Crippen molar-refractivity contribution in [2.75, 3.05) is 13.2 Å². The molecule has 1 saturated heterocycles. The van der Waals surface area contributed by atoms with Crippen LogP contribution in [0.5, 0.6) is 0 Å². The van der Waals surface area contributed by atoms with Gasteiger partial charge < -0.3 is 10.1 Å². The molecule has 2 fully saturated rings. The molecule has 5 nitrogen and oxygen atoms in total. The van der Waals surface area contributed by atoms with Crippen molar-refractivity contribution in [3.8, 4) is 10.6 Å². The Kier molecular flexibility index (Phi) is 4.63. The molecule has 4 heterocycles. The first-order chi connectivity index (χ1) is 15.2. The summed E-state index contributed by atoms with van der Waals surface area (Å²) in [5.41, 5.74) is 5.21. The third-order valence-corrected chi connectivity index (χ3v) is 8.06. The Morgan fingerprint density at radius 3 is 2.68 bits per heavy atom. The Morgan fingerprint density at radius 2 is 1.97 bits per heavy atom. The number of benzene rings is 1. The van der Waals surface area contributed by atoms with E-state index >= 15 is 0 Å². The third-order valence-electron chi connectivity index (χ3n) is 6.26. The number of carbonyl (C=O) groups is 1. The number of hydrogen-bond acceptors (Lipinski definition) is 6. The highest BCUT2D eigenvalue weighted by atomic mass is 32.1. The normalized spacial score (nSPS) is 17.4. The number of pyridine rings is 1. The van der Waals surface area contributed by atoms with Gasteiger partial charge in [0.25, 0.3) is 5.91 Å². The first-order valence-electron chi connectivity index (χ1n) is 10.4. The highest BCUT2D eigenvalue weighted by Gasteiger charge is 2.50. The van der Waals surface area contributed by atoms with Crippen molar-refractivity contribution < 1.29 is 9.53 Å². The minimum absolute atomic E-state index is 0.0754. The number of carbonyl (C=O) groups excluding carboxylic acids is 1. The molecule has 1 aliphatic heterocycles. The van der Waals surface area contributed by atoms with Gasteiger partial charge in [-0.3, -0.25) is 4.79 Å². The highest BCUT2D eigenvalue weighted by molar-refractivity contribution is 7.17. The van der Waals surface area contributed by atoms with Crippen molar-refractivity contribution in [1.29, 1.82) is 0 Å². The van der Waals surface area contributed by atoms with Crippen molar-refractivity contribution >= 4 is 38.8 Å². The summed E-state index contributed by atoms with van der Waals surface area (Å²) in [5, 5.41) is 8.23. The van der Waals surface area contributed by atoms with Gasteiger partial charge in [0.05, 0.1) is 23.4 Å². The number of amides is 1. The van der Waals surface area contributed by atoms with Crippen LogP contribution in [0, 0.1) is 5.41 Å². The van der Waals surface area contributed by atoms with Crippen LogP contribution in [0.15, 0.2) is 53.4 Å². The fourth-order valence-electron chi connectivity index (χ4n) is 4.60. The van der Waals surface area contributed by atoms with Crippen LogP contribution in [0.3, 0.4) is 0 Å². The number of fused-ring (bicyclic) bond motifs is 1. The highest BCUT2D eigenvalue weighted by Crippen LogP contribution is 2.46. The number of nitrogens with one attached hydrogen (secondary N) is 1. The maximum Gasteiger partial charge on any atom is 0.270 e. The zero-order chi connectivity index (χ0) is 20.8. The number of aromatic nitrogens is 2. The summed E-state index contributed by atoms with van der Waals surface area (Å²) >= 11 is 3.32. The summed E-state index contributed by atoms with van der Waals surface area (Å²) in [7, 11) is 0. The Balaban J connectivity index is 1.22. The second kappa shape index (κ2) is 7.51. The average molecular weight is 448 g/mol. The van der Waals surface area contributed by atoms with Crippen LogP contribution < -0.4 is 5.32 Å². The Morgan fingerprint density at radius 1 is 1.13 bits per heavy atom. The topological polar surface area (TPSA) is 64.1 Å². The molecular formula is C24H21N3O2S2. The van der Waals surface area contributed by atoms with Gasteiger partial charge in [-0.25, -0.2) is 9.97 Å². The van der Waals surface area contributed by atoms with Crippen molar-refractivity contribution in [3.05, 3.63) is 70.2 Å². The van der Waals surface area contributed by atoms with Crippen LogP contribution in [0.25, 0.3) is 20.8 Å². The van der Waals surface area contributed by atoms with E-state index in [-0.39, 0.29) is 11.9 Å². The maximum absolute atomic E-state index is 12.9. The molecule has 1 aliphatic carbocycles. The molecule has 1 amide bonds. The Bertz CT molecular complexity index is 1240. The van der Waals surface area contributed by atoms with Crippen LogP contribution >= 0.6 is 22.7 Å². The lowest BCUT2D eigenvalue weighted by Gasteiger charge is -2.53. The van der Waals surface area contributed by atoms with Gasteiger partial charge >= 0.3 is 0 Å². The predicted octanol–water partition coefficient (Wildman–Crippen LogP) is 4.92. The van der Waals surface area contributed by atoms with E-state index in [1.54, 1.807) is 22.7 Å². The number of hydrogen-bond donors (Lipinski definition) is 1. The molecule has 7 heteroatoms. The predicted molar refractivity (Wildman–Crippen MR) is 124 cm³/mol. The van der Waals surface area contributed by atoms with E-state index in [0.717, 1.165) is 58.8 Å². The van der Waals surface area contributed by atoms with Crippen LogP contribution in [-0.4, -0.2) is 35.1 Å². The van der Waals surface area contributed by atoms with E-state index in [1.807, 2.05) is 29.1 Å². The number of nitrogens with zero attached hydrogens (tertiary/aromatic N) is 2. The number of thiazole rings is 1. The second-order valence-electron chi connectivity index (χ2n) is 8.58. The molecule has 0 radical (unpaired) electrons. The maximum atomic E-state index is 12.9. The smallest absolute Gasteiger partial charge is 0.270 e. The van der Waals surface area contributed by atoms with Crippen molar-refractivity contribution in [3.63, 3.8) is 0 Å². The zero-order valence-electron chi connectivity index (χ0n) is 16.8. The summed E-state index contributed by atoms with van der Waals surface area (Å²) in [4.78, 5) is 21.9. The molecule has 31 heavy (non-hydrogen) atoms. The number of ether oxygens (including phenoxy) is 1. The Labute approximate surface area is 188 Å². The quantitative estimate of drug-likeness (QED) is 0.472. The summed E-state index contributed by atoms with van der Waals surface area (Å²) in [6.07, 6.45) is 4.62. The lowest BCUT2D eigenvalue weighted by atomic mass is 9.64. The van der Waals surface area contributed by atoms with E-state index in [9.17, 15) is 4.79 Å². The fraction of sp³-hybridized carbons (Fsp3) is 0.292. The summed E-state index contributed by atoms with van der Waals surface area (Å²) < 4.78 is 6.48. The third kappa shape index (κ3) is 3.56. The van der Waals surface area contributed by atoms with E-state index in [1.165, 1.54) is 5.56 Å². The van der Waals surface area contributed by atoms with Gasteiger partial charge in [0.1, 0.15) is 10.7 Å². The molecule has 1 saturated carbocycles. The number of thiophene rings is 1. The molecule has 3 aromatic heterocycles. The molecular weight excluding hydrogens is 426 g/mol. The van der Waals surface area contributed by atoms with Gasteiger partial charge in [-0.15, -0.1) is 22.7 Å². The van der Waals surface area contributed by atoms with Gasteiger partial charge in [0.2, 0.25) is 0 Å². The molecule has 4 aromatic rings. The minimum atomic E-state index is -0.0754. The molecule has 0 bridgehead atoms. The van der Waals surface area contributed by atoms with Crippen molar-refractivity contribution in [2.24, 2.45) is 5.41 Å². The lowest BCUT2D eigenvalue weighted by molar-refractivity contribution is -0.165. The molecule has 1 aromatic carbocycles. The van der Waals surface area contributed by atoms with E-state index in [0.29, 0.717) is 11.1 Å². The molecule has 0 unspecified atom stereocenters. The van der Waals surface area contributed by atoms with Crippen LogP contribution in [0.4, 0.5) is 0 Å². The SMILES string of the molecule is O=C(NC1CC2(COC2)C1)c1cc(Cc2ccc(-c3nccs3)cc2)c2sccc2n1. The standard InChI is InChI=1S/C24H21N3O2S2/c28-22(26-18-11-24(12-18)13-29-14-24)20-10-17(21-19(27-20)5-7-30-21)9-15-1-3-16(4-2-15)23-25-6-8-31-23/h1-8,10,18H,9,11-14H2,(H,26,28). The summed E-state index contributed by atoms with van der Waals surface area (Å²) in [5.74, 6) is -0.0754. The second-order valence-corrected chi connectivity index (χ2v) is 10.4. The minimum Gasteiger partial charge on any atom is -0.380 e. The first-order valence-corrected chi connectivity index (χ1v) is 12.2. The van der Waals surface area contributed by atoms with Crippen molar-refractivity contribution in [2.45, 2.75) is 25.3 Å². The molecule has 6 rings (SSSR count). The van der Waals surface area contributed by atoms with E-state index < -0.39 is 0 Å². The van der Waals surface area contributed by atoms with Gasteiger partial charge in [-0.05, 0) is 47.9 Å². The summed E-state index contributed by atoms with van der Waals surface area (Å²) in [6, 6.07) is 12.7. The van der Waals surface area contributed by atoms with E-state index in [2.05, 4.69) is 39.6 Å². The first kappa shape index (κ1) is 19.1. The molecule has 0 atom stereocenters. The van der Waals surface area contributed by atoms with Crippen LogP contribution in [0.1, 0.15) is 34.5 Å².